The lowest BCUT2D eigenvalue weighted by Gasteiger charge is -2.16. The Labute approximate surface area is 126 Å². The highest BCUT2D eigenvalue weighted by Gasteiger charge is 2.09. The van der Waals surface area contributed by atoms with Gasteiger partial charge in [-0.15, -0.1) is 0 Å². The molecule has 0 aliphatic heterocycles. The topological polar surface area (TPSA) is 43.4 Å². The fourth-order valence-electron chi connectivity index (χ4n) is 1.88. The third-order valence-electron chi connectivity index (χ3n) is 3.27. The van der Waals surface area contributed by atoms with Gasteiger partial charge in [0.1, 0.15) is 5.82 Å². The molecule has 1 atom stereocenters. The minimum atomic E-state index is 0.177. The van der Waals surface area contributed by atoms with E-state index in [1.165, 1.54) is 0 Å². The molecule has 0 saturated carbocycles. The molecule has 1 unspecified atom stereocenters. The van der Waals surface area contributed by atoms with E-state index >= 15 is 0 Å². The molecule has 4 heteroatoms. The Morgan fingerprint density at radius 3 is 2.71 bits per heavy atom. The summed E-state index contributed by atoms with van der Waals surface area (Å²) in [7, 11) is 1.66. The van der Waals surface area contributed by atoms with Crippen molar-refractivity contribution in [1.29, 1.82) is 0 Å². The third kappa shape index (κ3) is 4.38. The van der Waals surface area contributed by atoms with E-state index in [2.05, 4.69) is 24.1 Å². The summed E-state index contributed by atoms with van der Waals surface area (Å²) in [6.45, 7) is 4.84. The van der Waals surface area contributed by atoms with E-state index in [9.17, 15) is 0 Å². The molecule has 1 N–H and O–H groups in total. The Hall–Kier alpha value is -2.23. The second-order valence-corrected chi connectivity index (χ2v) is 4.89. The molecule has 0 bridgehead atoms. The highest BCUT2D eigenvalue weighted by molar-refractivity contribution is 5.44. The molecule has 1 aromatic heterocycles. The molecule has 1 heterocycles. The summed E-state index contributed by atoms with van der Waals surface area (Å²) in [6, 6.07) is 11.8. The molecule has 4 nitrogen and oxygen atoms in total. The van der Waals surface area contributed by atoms with Crippen molar-refractivity contribution in [3.8, 4) is 11.5 Å². The van der Waals surface area contributed by atoms with Crippen LogP contribution in [0.3, 0.4) is 0 Å². The molecule has 1 aromatic carbocycles. The summed E-state index contributed by atoms with van der Waals surface area (Å²) in [4.78, 5) is 4.24. The van der Waals surface area contributed by atoms with Crippen molar-refractivity contribution in [3.05, 3.63) is 48.2 Å². The van der Waals surface area contributed by atoms with Gasteiger partial charge in [-0.05, 0) is 43.2 Å². The minimum Gasteiger partial charge on any atom is -0.493 e. The molecule has 0 aliphatic rings. The zero-order valence-corrected chi connectivity index (χ0v) is 12.8. The molecule has 0 fully saturated rings. The van der Waals surface area contributed by atoms with Gasteiger partial charge in [0.2, 0.25) is 0 Å². The van der Waals surface area contributed by atoms with Crippen LogP contribution in [0.15, 0.2) is 42.6 Å². The monoisotopic (exact) mass is 286 g/mol. The van der Waals surface area contributed by atoms with Gasteiger partial charge in [0.15, 0.2) is 11.5 Å². The van der Waals surface area contributed by atoms with E-state index in [1.54, 1.807) is 13.3 Å². The Bertz CT molecular complexity index is 558. The van der Waals surface area contributed by atoms with Crippen LogP contribution in [0.1, 0.15) is 25.8 Å². The van der Waals surface area contributed by atoms with Crippen molar-refractivity contribution in [3.63, 3.8) is 0 Å². The van der Waals surface area contributed by atoms with E-state index < -0.39 is 0 Å². The number of aromatic nitrogens is 1. The van der Waals surface area contributed by atoms with Gasteiger partial charge >= 0.3 is 0 Å². The summed E-state index contributed by atoms with van der Waals surface area (Å²) >= 11 is 0. The van der Waals surface area contributed by atoms with Gasteiger partial charge in [-0.3, -0.25) is 0 Å². The number of hydrogen-bond donors (Lipinski definition) is 1. The fourth-order valence-corrected chi connectivity index (χ4v) is 1.88. The van der Waals surface area contributed by atoms with Gasteiger partial charge in [-0.1, -0.05) is 19.1 Å². The molecule has 112 valence electrons. The summed E-state index contributed by atoms with van der Waals surface area (Å²) < 4.78 is 11.3. The first-order valence-electron chi connectivity index (χ1n) is 7.21. The molecular weight excluding hydrogens is 264 g/mol. The van der Waals surface area contributed by atoms with E-state index in [1.807, 2.05) is 36.4 Å². The van der Waals surface area contributed by atoms with E-state index in [4.69, 9.17) is 9.47 Å². The zero-order chi connectivity index (χ0) is 15.1. The molecule has 2 aromatic rings. The number of anilines is 1. The van der Waals surface area contributed by atoms with Crippen molar-refractivity contribution in [2.45, 2.75) is 32.9 Å². The average molecular weight is 286 g/mol. The zero-order valence-electron chi connectivity index (χ0n) is 12.8. The van der Waals surface area contributed by atoms with Crippen LogP contribution in [0.2, 0.25) is 0 Å². The van der Waals surface area contributed by atoms with Gasteiger partial charge in [-0.25, -0.2) is 4.98 Å². The maximum Gasteiger partial charge on any atom is 0.161 e. The van der Waals surface area contributed by atoms with Gasteiger partial charge in [0.25, 0.3) is 0 Å². The lowest BCUT2D eigenvalue weighted by Crippen LogP contribution is -2.10. The summed E-state index contributed by atoms with van der Waals surface area (Å²) in [6.07, 6.45) is 2.91. The predicted molar refractivity (Wildman–Crippen MR) is 84.9 cm³/mol. The second kappa shape index (κ2) is 7.53. The Morgan fingerprint density at radius 2 is 2.05 bits per heavy atom. The molecule has 0 spiro atoms. The van der Waals surface area contributed by atoms with Crippen molar-refractivity contribution in [1.82, 2.24) is 4.98 Å². The van der Waals surface area contributed by atoms with Crippen LogP contribution in [-0.4, -0.2) is 18.2 Å². The average Bonchev–Trinajstić information content (AvgIpc) is 2.54. The number of benzene rings is 1. The normalized spacial score (nSPS) is 11.8. The van der Waals surface area contributed by atoms with E-state index in [-0.39, 0.29) is 6.10 Å². The number of nitrogens with zero attached hydrogens (tertiary/aromatic N) is 1. The van der Waals surface area contributed by atoms with Crippen molar-refractivity contribution >= 4 is 5.82 Å². The van der Waals surface area contributed by atoms with E-state index in [0.29, 0.717) is 6.54 Å². The number of pyridine rings is 1. The molecule has 2 rings (SSSR count). The SMILES string of the molecule is CCC(C)Oc1ccc(CNc2ccccn2)cc1OC. The first-order chi connectivity index (χ1) is 10.2. The Morgan fingerprint density at radius 1 is 1.19 bits per heavy atom. The quantitative estimate of drug-likeness (QED) is 0.839. The number of nitrogens with one attached hydrogen (secondary N) is 1. The highest BCUT2D eigenvalue weighted by atomic mass is 16.5. The van der Waals surface area contributed by atoms with Gasteiger partial charge in [0, 0.05) is 12.7 Å². The van der Waals surface area contributed by atoms with Crippen LogP contribution in [-0.2, 0) is 6.54 Å². The standard InChI is InChI=1S/C17H22N2O2/c1-4-13(2)21-15-9-8-14(11-16(15)20-3)12-19-17-7-5-6-10-18-17/h5-11,13H,4,12H2,1-3H3,(H,18,19). The Balaban J connectivity index is 2.04. The van der Waals surface area contributed by atoms with Crippen LogP contribution in [0, 0.1) is 0 Å². The number of rotatable bonds is 7. The molecule has 0 radical (unpaired) electrons. The Kier molecular flexibility index (Phi) is 5.43. The number of methoxy groups -OCH3 is 1. The van der Waals surface area contributed by atoms with Crippen molar-refractivity contribution in [2.75, 3.05) is 12.4 Å². The fraction of sp³-hybridized carbons (Fsp3) is 0.353. The van der Waals surface area contributed by atoms with Crippen LogP contribution >= 0.6 is 0 Å². The smallest absolute Gasteiger partial charge is 0.161 e. The largest absolute Gasteiger partial charge is 0.493 e. The van der Waals surface area contributed by atoms with E-state index in [0.717, 1.165) is 29.3 Å². The molecule has 21 heavy (non-hydrogen) atoms. The van der Waals surface area contributed by atoms with Crippen molar-refractivity contribution < 1.29 is 9.47 Å². The second-order valence-electron chi connectivity index (χ2n) is 4.89. The molecule has 0 aliphatic carbocycles. The summed E-state index contributed by atoms with van der Waals surface area (Å²) in [5, 5.41) is 3.28. The maximum atomic E-state index is 5.85. The maximum absolute atomic E-state index is 5.85. The third-order valence-corrected chi connectivity index (χ3v) is 3.27. The number of ether oxygens (including phenoxy) is 2. The predicted octanol–water partition coefficient (Wildman–Crippen LogP) is 3.88. The van der Waals surface area contributed by atoms with Gasteiger partial charge < -0.3 is 14.8 Å². The number of hydrogen-bond acceptors (Lipinski definition) is 4. The van der Waals surface area contributed by atoms with Crippen molar-refractivity contribution in [2.24, 2.45) is 0 Å². The van der Waals surface area contributed by atoms with Gasteiger partial charge in [-0.2, -0.15) is 0 Å². The molecule has 0 saturated heterocycles. The first-order valence-corrected chi connectivity index (χ1v) is 7.21. The molecule has 0 amide bonds. The minimum absolute atomic E-state index is 0.177. The lowest BCUT2D eigenvalue weighted by molar-refractivity contribution is 0.207. The van der Waals surface area contributed by atoms with Crippen LogP contribution in [0.5, 0.6) is 11.5 Å². The molecular formula is C17H22N2O2. The van der Waals surface area contributed by atoms with Crippen LogP contribution < -0.4 is 14.8 Å². The van der Waals surface area contributed by atoms with Crippen LogP contribution in [0.4, 0.5) is 5.82 Å². The summed E-state index contributed by atoms with van der Waals surface area (Å²) in [5.74, 6) is 2.40. The van der Waals surface area contributed by atoms with Gasteiger partial charge in [0.05, 0.1) is 13.2 Å². The lowest BCUT2D eigenvalue weighted by atomic mass is 10.2. The summed E-state index contributed by atoms with van der Waals surface area (Å²) in [5.41, 5.74) is 1.12. The van der Waals surface area contributed by atoms with Crippen LogP contribution in [0.25, 0.3) is 0 Å². The highest BCUT2D eigenvalue weighted by Crippen LogP contribution is 2.29. The first kappa shape index (κ1) is 15.2.